The summed E-state index contributed by atoms with van der Waals surface area (Å²) in [6.45, 7) is 2.65. The second-order valence-electron chi connectivity index (χ2n) is 7.33. The number of nitrogens with two attached hydrogens (primary N) is 1. The Morgan fingerprint density at radius 3 is 2.59 bits per heavy atom. The van der Waals surface area contributed by atoms with Crippen LogP contribution < -0.4 is 11.1 Å². The molecule has 0 spiro atoms. The van der Waals surface area contributed by atoms with Gasteiger partial charge in [-0.15, -0.1) is 0 Å². The van der Waals surface area contributed by atoms with Gasteiger partial charge in [-0.05, 0) is 30.5 Å². The third-order valence-corrected chi connectivity index (χ3v) is 5.86. The van der Waals surface area contributed by atoms with Crippen LogP contribution in [0.1, 0.15) is 35.7 Å². The van der Waals surface area contributed by atoms with Crippen LogP contribution in [0.3, 0.4) is 0 Å². The number of amides is 3. The Balaban J connectivity index is 1.55. The van der Waals surface area contributed by atoms with E-state index >= 15 is 0 Å². The average molecular weight is 365 g/mol. The van der Waals surface area contributed by atoms with Gasteiger partial charge in [-0.25, -0.2) is 0 Å². The molecular formula is C19H19N5O3. The SMILES string of the molecule is C[C@]12CCC1(c1cccnc1)N(C(=O)C(=O)Nc1cncc(C(N)=O)c1)C2. The topological polar surface area (TPSA) is 118 Å². The number of hydrogen-bond donors (Lipinski definition) is 2. The summed E-state index contributed by atoms with van der Waals surface area (Å²) in [5, 5.41) is 2.51. The molecule has 138 valence electrons. The summed E-state index contributed by atoms with van der Waals surface area (Å²) in [7, 11) is 0. The molecule has 8 nitrogen and oxygen atoms in total. The minimum Gasteiger partial charge on any atom is -0.366 e. The smallest absolute Gasteiger partial charge is 0.313 e. The molecule has 0 bridgehead atoms. The molecule has 3 heterocycles. The van der Waals surface area contributed by atoms with Crippen molar-refractivity contribution in [3.8, 4) is 0 Å². The predicted octanol–water partition coefficient (Wildman–Crippen LogP) is 1.05. The normalized spacial score (nSPS) is 25.6. The number of primary amides is 1. The second-order valence-corrected chi connectivity index (χ2v) is 7.33. The molecule has 27 heavy (non-hydrogen) atoms. The summed E-state index contributed by atoms with van der Waals surface area (Å²) >= 11 is 0. The second kappa shape index (κ2) is 5.87. The number of likely N-dealkylation sites (tertiary alicyclic amines) is 1. The minimum atomic E-state index is -0.768. The third kappa shape index (κ3) is 2.40. The zero-order valence-electron chi connectivity index (χ0n) is 14.8. The number of carbonyl (C=O) groups is 3. The van der Waals surface area contributed by atoms with Gasteiger partial charge in [0.05, 0.1) is 23.0 Å². The largest absolute Gasteiger partial charge is 0.366 e. The van der Waals surface area contributed by atoms with Crippen molar-refractivity contribution in [3.63, 3.8) is 0 Å². The van der Waals surface area contributed by atoms with Crippen LogP contribution in [0, 0.1) is 5.41 Å². The highest BCUT2D eigenvalue weighted by Gasteiger charge is 2.70. The number of nitrogens with zero attached hydrogens (tertiary/aromatic N) is 3. The van der Waals surface area contributed by atoms with E-state index in [0.717, 1.165) is 18.4 Å². The maximum Gasteiger partial charge on any atom is 0.313 e. The molecule has 2 aliphatic rings. The molecule has 1 saturated heterocycles. The molecule has 2 atom stereocenters. The lowest BCUT2D eigenvalue weighted by Crippen LogP contribution is -2.78. The number of nitrogens with one attached hydrogen (secondary N) is 1. The van der Waals surface area contributed by atoms with E-state index in [2.05, 4.69) is 22.2 Å². The first kappa shape index (κ1) is 17.1. The number of aromatic nitrogens is 2. The highest BCUT2D eigenvalue weighted by Crippen LogP contribution is 2.67. The van der Waals surface area contributed by atoms with Gasteiger partial charge >= 0.3 is 11.8 Å². The van der Waals surface area contributed by atoms with E-state index in [0.29, 0.717) is 6.54 Å². The molecule has 2 aromatic rings. The van der Waals surface area contributed by atoms with E-state index < -0.39 is 23.3 Å². The number of carbonyl (C=O) groups excluding carboxylic acids is 3. The van der Waals surface area contributed by atoms with Gasteiger partial charge in [-0.3, -0.25) is 24.4 Å². The number of piperidine rings is 1. The summed E-state index contributed by atoms with van der Waals surface area (Å²) in [6, 6.07) is 5.17. The fourth-order valence-corrected chi connectivity index (χ4v) is 4.30. The number of pyridine rings is 2. The zero-order valence-corrected chi connectivity index (χ0v) is 14.8. The third-order valence-electron chi connectivity index (χ3n) is 5.86. The lowest BCUT2D eigenvalue weighted by atomic mass is 9.46. The highest BCUT2D eigenvalue weighted by molar-refractivity contribution is 6.40. The van der Waals surface area contributed by atoms with Gasteiger partial charge in [0.2, 0.25) is 5.91 Å². The summed E-state index contributed by atoms with van der Waals surface area (Å²) < 4.78 is 0. The van der Waals surface area contributed by atoms with Crippen molar-refractivity contribution in [2.24, 2.45) is 11.1 Å². The summed E-state index contributed by atoms with van der Waals surface area (Å²) in [5.41, 5.74) is 6.04. The van der Waals surface area contributed by atoms with Crippen molar-refractivity contribution < 1.29 is 14.4 Å². The lowest BCUT2D eigenvalue weighted by Gasteiger charge is -2.72. The quantitative estimate of drug-likeness (QED) is 0.788. The maximum absolute atomic E-state index is 12.8. The van der Waals surface area contributed by atoms with Crippen LogP contribution >= 0.6 is 0 Å². The van der Waals surface area contributed by atoms with Crippen LogP contribution in [0.15, 0.2) is 43.0 Å². The van der Waals surface area contributed by atoms with E-state index in [1.165, 1.54) is 18.5 Å². The molecule has 4 rings (SSSR count). The van der Waals surface area contributed by atoms with Crippen LogP contribution in [-0.2, 0) is 15.1 Å². The van der Waals surface area contributed by atoms with Gasteiger partial charge in [0.1, 0.15) is 0 Å². The molecule has 0 radical (unpaired) electrons. The van der Waals surface area contributed by atoms with E-state index in [9.17, 15) is 14.4 Å². The summed E-state index contributed by atoms with van der Waals surface area (Å²) in [6.07, 6.45) is 7.90. The first-order valence-corrected chi connectivity index (χ1v) is 8.66. The predicted molar refractivity (Wildman–Crippen MR) is 96.4 cm³/mol. The van der Waals surface area contributed by atoms with Crippen LogP contribution in [0.4, 0.5) is 5.69 Å². The summed E-state index contributed by atoms with van der Waals surface area (Å²) in [4.78, 5) is 46.3. The molecule has 1 saturated carbocycles. The summed E-state index contributed by atoms with van der Waals surface area (Å²) in [5.74, 6) is -2.04. The van der Waals surface area contributed by atoms with Crippen molar-refractivity contribution in [2.75, 3.05) is 11.9 Å². The van der Waals surface area contributed by atoms with Crippen LogP contribution in [-0.4, -0.2) is 39.1 Å². The van der Waals surface area contributed by atoms with Crippen LogP contribution in [0.5, 0.6) is 0 Å². The first-order valence-electron chi connectivity index (χ1n) is 8.66. The molecule has 3 N–H and O–H groups in total. The van der Waals surface area contributed by atoms with Gasteiger partial charge in [-0.2, -0.15) is 0 Å². The Morgan fingerprint density at radius 1 is 1.19 bits per heavy atom. The van der Waals surface area contributed by atoms with Crippen LogP contribution in [0.25, 0.3) is 0 Å². The fraction of sp³-hybridized carbons (Fsp3) is 0.316. The van der Waals surface area contributed by atoms with E-state index in [1.54, 1.807) is 17.3 Å². The number of rotatable bonds is 3. The first-order chi connectivity index (χ1) is 12.9. The molecule has 0 aromatic carbocycles. The fourth-order valence-electron chi connectivity index (χ4n) is 4.30. The Bertz CT molecular complexity index is 947. The van der Waals surface area contributed by atoms with Gasteiger partial charge in [0.15, 0.2) is 0 Å². The van der Waals surface area contributed by atoms with E-state index in [1.807, 2.05) is 12.1 Å². The van der Waals surface area contributed by atoms with E-state index in [4.69, 9.17) is 5.73 Å². The van der Waals surface area contributed by atoms with Crippen molar-refractivity contribution in [1.82, 2.24) is 14.9 Å². The van der Waals surface area contributed by atoms with Gasteiger partial charge in [-0.1, -0.05) is 13.0 Å². The number of hydrogen-bond acceptors (Lipinski definition) is 5. The Morgan fingerprint density at radius 2 is 2.00 bits per heavy atom. The molecule has 2 fully saturated rings. The number of fused-ring (bicyclic) bond motifs is 1. The van der Waals surface area contributed by atoms with Crippen LogP contribution in [0.2, 0.25) is 0 Å². The molecule has 2 aromatic heterocycles. The lowest BCUT2D eigenvalue weighted by molar-refractivity contribution is -0.228. The molecule has 1 unspecified atom stereocenters. The zero-order chi connectivity index (χ0) is 19.2. The molecule has 8 heteroatoms. The Hall–Kier alpha value is -3.29. The van der Waals surface area contributed by atoms with Gasteiger partial charge in [0, 0.05) is 30.6 Å². The molecule has 1 aliphatic carbocycles. The minimum absolute atomic E-state index is 0.0422. The standard InChI is InChI=1S/C19H19N5O3/c1-18-4-5-19(18,13-3-2-6-21-9-13)24(11-18)17(27)16(26)23-14-7-12(15(20)25)8-22-10-14/h2-3,6-10H,4-5,11H2,1H3,(H2,20,25)(H,23,26)/t18-,19?/m1/s1. The molecule has 3 amide bonds. The van der Waals surface area contributed by atoms with E-state index in [-0.39, 0.29) is 16.7 Å². The van der Waals surface area contributed by atoms with Gasteiger partial charge < -0.3 is 16.0 Å². The van der Waals surface area contributed by atoms with Crippen molar-refractivity contribution >= 4 is 23.4 Å². The Labute approximate surface area is 155 Å². The highest BCUT2D eigenvalue weighted by atomic mass is 16.2. The molecular weight excluding hydrogens is 346 g/mol. The number of anilines is 1. The average Bonchev–Trinajstić information content (AvgIpc) is 2.67. The monoisotopic (exact) mass is 365 g/mol. The van der Waals surface area contributed by atoms with Crippen molar-refractivity contribution in [1.29, 1.82) is 0 Å². The van der Waals surface area contributed by atoms with Gasteiger partial charge in [0.25, 0.3) is 0 Å². The Kier molecular flexibility index (Phi) is 3.73. The van der Waals surface area contributed by atoms with Crippen molar-refractivity contribution in [3.05, 3.63) is 54.1 Å². The van der Waals surface area contributed by atoms with Crippen molar-refractivity contribution in [2.45, 2.75) is 25.3 Å². The maximum atomic E-state index is 12.8. The molecule has 1 aliphatic heterocycles.